The number of aryl methyl sites for hydroxylation is 2. The zero-order valence-electron chi connectivity index (χ0n) is 11.6. The summed E-state index contributed by atoms with van der Waals surface area (Å²) in [7, 11) is 0. The third-order valence-electron chi connectivity index (χ3n) is 3.48. The number of nitrogens with zero attached hydrogens (tertiary/aromatic N) is 2. The van der Waals surface area contributed by atoms with Crippen LogP contribution in [0.15, 0.2) is 48.5 Å². The second kappa shape index (κ2) is 5.47. The third-order valence-corrected chi connectivity index (χ3v) is 3.48. The Morgan fingerprint density at radius 1 is 1.05 bits per heavy atom. The molecule has 0 fully saturated rings. The molecule has 102 valence electrons. The summed E-state index contributed by atoms with van der Waals surface area (Å²) in [5, 5.41) is 9.06. The molecule has 1 N–H and O–H groups in total. The number of aliphatic hydroxyl groups excluding tert-OH is 1. The van der Waals surface area contributed by atoms with E-state index >= 15 is 0 Å². The largest absolute Gasteiger partial charge is 0.396 e. The molecule has 0 aliphatic heterocycles. The number of rotatable bonds is 4. The van der Waals surface area contributed by atoms with Gasteiger partial charge in [-0.25, -0.2) is 4.98 Å². The molecule has 3 aromatic rings. The van der Waals surface area contributed by atoms with Gasteiger partial charge in [0.2, 0.25) is 0 Å². The van der Waals surface area contributed by atoms with Crippen LogP contribution >= 0.6 is 0 Å². The average molecular weight is 266 g/mol. The molecule has 0 saturated carbocycles. The quantitative estimate of drug-likeness (QED) is 0.787. The number of aromatic nitrogens is 2. The first-order chi connectivity index (χ1) is 9.79. The van der Waals surface area contributed by atoms with Crippen molar-refractivity contribution in [3.63, 3.8) is 0 Å². The minimum absolute atomic E-state index is 0.192. The molecule has 0 radical (unpaired) electrons. The van der Waals surface area contributed by atoms with Crippen molar-refractivity contribution < 1.29 is 5.11 Å². The molecule has 1 heterocycles. The molecule has 0 bridgehead atoms. The zero-order chi connectivity index (χ0) is 13.9. The van der Waals surface area contributed by atoms with Crippen molar-refractivity contribution in [3.05, 3.63) is 59.9 Å². The van der Waals surface area contributed by atoms with Gasteiger partial charge in [-0.2, -0.15) is 0 Å². The first kappa shape index (κ1) is 12.9. The Kier molecular flexibility index (Phi) is 3.52. The molecular formula is C17H18N2O. The van der Waals surface area contributed by atoms with E-state index in [0.29, 0.717) is 0 Å². The van der Waals surface area contributed by atoms with Crippen LogP contribution in [0.1, 0.15) is 17.8 Å². The number of hydrogen-bond acceptors (Lipinski definition) is 2. The van der Waals surface area contributed by atoms with Crippen LogP contribution in [0.3, 0.4) is 0 Å². The summed E-state index contributed by atoms with van der Waals surface area (Å²) >= 11 is 0. The highest BCUT2D eigenvalue weighted by Gasteiger charge is 2.11. The lowest BCUT2D eigenvalue weighted by molar-refractivity contribution is 0.287. The van der Waals surface area contributed by atoms with E-state index in [1.807, 2.05) is 18.2 Å². The maximum atomic E-state index is 9.06. The summed E-state index contributed by atoms with van der Waals surface area (Å²) in [6, 6.07) is 16.6. The van der Waals surface area contributed by atoms with Gasteiger partial charge in [-0.1, -0.05) is 29.8 Å². The lowest BCUT2D eigenvalue weighted by atomic mass is 10.2. The van der Waals surface area contributed by atoms with Crippen LogP contribution in [0.5, 0.6) is 0 Å². The second-order valence-electron chi connectivity index (χ2n) is 5.01. The number of fused-ring (bicyclic) bond motifs is 1. The van der Waals surface area contributed by atoms with Crippen LogP contribution in [0, 0.1) is 6.92 Å². The van der Waals surface area contributed by atoms with Crippen LogP contribution in [-0.4, -0.2) is 21.3 Å². The van der Waals surface area contributed by atoms with Crippen molar-refractivity contribution in [2.24, 2.45) is 0 Å². The zero-order valence-corrected chi connectivity index (χ0v) is 11.6. The predicted molar refractivity (Wildman–Crippen MR) is 81.2 cm³/mol. The second-order valence-corrected chi connectivity index (χ2v) is 5.01. The Morgan fingerprint density at radius 2 is 1.80 bits per heavy atom. The molecule has 0 spiro atoms. The monoisotopic (exact) mass is 266 g/mol. The van der Waals surface area contributed by atoms with Crippen molar-refractivity contribution in [1.29, 1.82) is 0 Å². The number of benzene rings is 2. The lowest BCUT2D eigenvalue weighted by Crippen LogP contribution is -2.02. The first-order valence-electron chi connectivity index (χ1n) is 6.94. The van der Waals surface area contributed by atoms with Crippen molar-refractivity contribution in [2.75, 3.05) is 6.61 Å². The molecule has 3 rings (SSSR count). The van der Waals surface area contributed by atoms with Crippen molar-refractivity contribution >= 4 is 11.0 Å². The van der Waals surface area contributed by atoms with Gasteiger partial charge < -0.3 is 5.11 Å². The maximum absolute atomic E-state index is 9.06. The third kappa shape index (κ3) is 2.32. The van der Waals surface area contributed by atoms with E-state index in [2.05, 4.69) is 41.8 Å². The Hall–Kier alpha value is -2.13. The molecule has 0 aliphatic carbocycles. The van der Waals surface area contributed by atoms with Gasteiger partial charge in [0.05, 0.1) is 11.0 Å². The van der Waals surface area contributed by atoms with Gasteiger partial charge in [-0.15, -0.1) is 0 Å². The van der Waals surface area contributed by atoms with E-state index < -0.39 is 0 Å². The lowest BCUT2D eigenvalue weighted by Gasteiger charge is -2.09. The van der Waals surface area contributed by atoms with Gasteiger partial charge in [0.1, 0.15) is 5.82 Å². The minimum atomic E-state index is 0.192. The Balaban J connectivity index is 2.17. The standard InChI is InChI=1S/C17H18N2O/c1-13-8-10-14(11-9-13)19-16-6-3-2-5-15(16)18-17(19)7-4-12-20/h2-3,5-6,8-11,20H,4,7,12H2,1H3. The summed E-state index contributed by atoms with van der Waals surface area (Å²) in [6.45, 7) is 2.28. The predicted octanol–water partition coefficient (Wildman–Crippen LogP) is 3.26. The van der Waals surface area contributed by atoms with E-state index in [1.165, 1.54) is 5.56 Å². The Bertz CT molecular complexity index is 713. The van der Waals surface area contributed by atoms with Gasteiger partial charge in [0, 0.05) is 18.7 Å². The molecule has 0 unspecified atom stereocenters. The van der Waals surface area contributed by atoms with Crippen molar-refractivity contribution in [2.45, 2.75) is 19.8 Å². The van der Waals surface area contributed by atoms with E-state index in [0.717, 1.165) is 35.4 Å². The van der Waals surface area contributed by atoms with Crippen LogP contribution in [0.2, 0.25) is 0 Å². The smallest absolute Gasteiger partial charge is 0.114 e. The van der Waals surface area contributed by atoms with Crippen LogP contribution in [-0.2, 0) is 6.42 Å². The molecule has 0 aliphatic rings. The summed E-state index contributed by atoms with van der Waals surface area (Å²) in [4.78, 5) is 4.70. The fourth-order valence-corrected chi connectivity index (χ4v) is 2.46. The highest BCUT2D eigenvalue weighted by atomic mass is 16.2. The highest BCUT2D eigenvalue weighted by molar-refractivity contribution is 5.78. The fraction of sp³-hybridized carbons (Fsp3) is 0.235. The molecule has 1 aromatic heterocycles. The molecule has 0 amide bonds. The Labute approximate surface area is 118 Å². The maximum Gasteiger partial charge on any atom is 0.114 e. The first-order valence-corrected chi connectivity index (χ1v) is 6.94. The minimum Gasteiger partial charge on any atom is -0.396 e. The van der Waals surface area contributed by atoms with Crippen molar-refractivity contribution in [1.82, 2.24) is 9.55 Å². The van der Waals surface area contributed by atoms with E-state index in [4.69, 9.17) is 10.1 Å². The number of para-hydroxylation sites is 2. The summed E-state index contributed by atoms with van der Waals surface area (Å²) < 4.78 is 2.18. The van der Waals surface area contributed by atoms with Crippen LogP contribution in [0.4, 0.5) is 0 Å². The molecular weight excluding hydrogens is 248 g/mol. The fourth-order valence-electron chi connectivity index (χ4n) is 2.46. The van der Waals surface area contributed by atoms with Gasteiger partial charge in [-0.3, -0.25) is 4.57 Å². The molecule has 3 nitrogen and oxygen atoms in total. The van der Waals surface area contributed by atoms with Gasteiger partial charge >= 0.3 is 0 Å². The SMILES string of the molecule is Cc1ccc(-n2c(CCCO)nc3ccccc32)cc1. The summed E-state index contributed by atoms with van der Waals surface area (Å²) in [5.41, 5.74) is 4.48. The van der Waals surface area contributed by atoms with Gasteiger partial charge in [-0.05, 0) is 37.6 Å². The van der Waals surface area contributed by atoms with E-state index in [9.17, 15) is 0 Å². The molecule has 0 atom stereocenters. The normalized spacial score (nSPS) is 11.1. The van der Waals surface area contributed by atoms with Gasteiger partial charge in [0.25, 0.3) is 0 Å². The molecule has 2 aromatic carbocycles. The number of aliphatic hydroxyl groups is 1. The number of imidazole rings is 1. The van der Waals surface area contributed by atoms with E-state index in [1.54, 1.807) is 0 Å². The topological polar surface area (TPSA) is 38.0 Å². The highest BCUT2D eigenvalue weighted by Crippen LogP contribution is 2.22. The van der Waals surface area contributed by atoms with Gasteiger partial charge in [0.15, 0.2) is 0 Å². The molecule has 20 heavy (non-hydrogen) atoms. The molecule has 0 saturated heterocycles. The number of hydrogen-bond donors (Lipinski definition) is 1. The van der Waals surface area contributed by atoms with E-state index in [-0.39, 0.29) is 6.61 Å². The average Bonchev–Trinajstić information content (AvgIpc) is 2.84. The van der Waals surface area contributed by atoms with Crippen LogP contribution < -0.4 is 0 Å². The van der Waals surface area contributed by atoms with Crippen molar-refractivity contribution in [3.8, 4) is 5.69 Å². The summed E-state index contributed by atoms with van der Waals surface area (Å²) in [5.74, 6) is 1.00. The van der Waals surface area contributed by atoms with Crippen LogP contribution in [0.25, 0.3) is 16.7 Å². The molecule has 3 heteroatoms. The summed E-state index contributed by atoms with van der Waals surface area (Å²) in [6.07, 6.45) is 1.51. The Morgan fingerprint density at radius 3 is 2.55 bits per heavy atom.